The van der Waals surface area contributed by atoms with Crippen molar-refractivity contribution in [2.45, 2.75) is 57.1 Å². The van der Waals surface area contributed by atoms with Gasteiger partial charge in [-0.2, -0.15) is 0 Å². The Balaban J connectivity index is 1.49. The number of hydrogen-bond acceptors (Lipinski definition) is 3. The maximum atomic E-state index is 11.9. The molecule has 0 radical (unpaired) electrons. The van der Waals surface area contributed by atoms with Crippen LogP contribution in [0.25, 0.3) is 0 Å². The normalized spacial score (nSPS) is 25.4. The van der Waals surface area contributed by atoms with E-state index in [2.05, 4.69) is 64.9 Å². The molecule has 0 saturated heterocycles. The molecule has 0 unspecified atom stereocenters. The molecule has 1 saturated carbocycles. The molecule has 4 heteroatoms. The van der Waals surface area contributed by atoms with E-state index in [1.165, 1.54) is 54.1 Å². The zero-order valence-electron chi connectivity index (χ0n) is 17.3. The zero-order valence-corrected chi connectivity index (χ0v) is 18.1. The average molecular weight is 408 g/mol. The maximum Gasteiger partial charge on any atom is 0.316 e. The molecule has 3 nitrogen and oxygen atoms in total. The van der Waals surface area contributed by atoms with Crippen LogP contribution in [0.5, 0.6) is 0 Å². The van der Waals surface area contributed by atoms with E-state index in [9.17, 15) is 5.11 Å². The molecule has 1 N–H and O–H groups in total. The summed E-state index contributed by atoms with van der Waals surface area (Å²) in [5.41, 5.74) is 3.96. The SMILES string of the molecule is Cc1ccccc1N1C[C@](O)(c2ccc(C3CCCCC3)cc2)[N+]2=C1SCCC2. The molecule has 2 aromatic rings. The van der Waals surface area contributed by atoms with Gasteiger partial charge in [-0.3, -0.25) is 0 Å². The number of β-amino-alcohol motifs (C(OH)–C–C–N with tert-alkyl or cyclic N) is 1. The fourth-order valence-electron chi connectivity index (χ4n) is 5.26. The fraction of sp³-hybridized carbons (Fsp3) is 0.480. The minimum atomic E-state index is -0.962. The molecular formula is C25H31N2OS+. The summed E-state index contributed by atoms with van der Waals surface area (Å²) in [6.45, 7) is 3.65. The van der Waals surface area contributed by atoms with Crippen molar-refractivity contribution in [3.05, 3.63) is 65.2 Å². The van der Waals surface area contributed by atoms with Crippen LogP contribution in [-0.4, -0.2) is 33.7 Å². The van der Waals surface area contributed by atoms with Crippen molar-refractivity contribution in [2.24, 2.45) is 0 Å². The number of hydrogen-bond donors (Lipinski definition) is 1. The van der Waals surface area contributed by atoms with Gasteiger partial charge in [0.05, 0.1) is 6.54 Å². The lowest BCUT2D eigenvalue weighted by Gasteiger charge is -2.26. The van der Waals surface area contributed by atoms with Crippen LogP contribution < -0.4 is 4.90 Å². The quantitative estimate of drug-likeness (QED) is 0.707. The van der Waals surface area contributed by atoms with Crippen LogP contribution in [0.1, 0.15) is 61.1 Å². The van der Waals surface area contributed by atoms with Gasteiger partial charge in [-0.05, 0) is 61.1 Å². The molecule has 1 fully saturated rings. The molecule has 2 heterocycles. The number of amidine groups is 1. The monoisotopic (exact) mass is 407 g/mol. The Kier molecular flexibility index (Phi) is 5.17. The van der Waals surface area contributed by atoms with E-state index >= 15 is 0 Å². The van der Waals surface area contributed by atoms with Crippen molar-refractivity contribution in [3.8, 4) is 0 Å². The summed E-state index contributed by atoms with van der Waals surface area (Å²) >= 11 is 1.88. The number of aliphatic hydroxyl groups is 1. The number of thioether (sulfide) groups is 1. The summed E-state index contributed by atoms with van der Waals surface area (Å²) in [4.78, 5) is 2.33. The lowest BCUT2D eigenvalue weighted by atomic mass is 9.83. The first-order chi connectivity index (χ1) is 14.2. The first-order valence-electron chi connectivity index (χ1n) is 11.1. The molecule has 0 bridgehead atoms. The number of para-hydroxylation sites is 1. The number of aryl methyl sites for hydroxylation is 1. The first-order valence-corrected chi connectivity index (χ1v) is 12.1. The molecule has 3 aliphatic rings. The summed E-state index contributed by atoms with van der Waals surface area (Å²) in [6.07, 6.45) is 7.82. The Labute approximate surface area is 178 Å². The van der Waals surface area contributed by atoms with Crippen molar-refractivity contribution in [1.29, 1.82) is 0 Å². The van der Waals surface area contributed by atoms with Crippen LogP contribution in [0.4, 0.5) is 5.69 Å². The lowest BCUT2D eigenvalue weighted by Crippen LogP contribution is -2.41. The zero-order chi connectivity index (χ0) is 19.8. The van der Waals surface area contributed by atoms with Crippen LogP contribution in [0, 0.1) is 6.92 Å². The third-order valence-electron chi connectivity index (χ3n) is 6.90. The lowest BCUT2D eigenvalue weighted by molar-refractivity contribution is -0.656. The van der Waals surface area contributed by atoms with E-state index in [1.54, 1.807) is 0 Å². The highest BCUT2D eigenvalue weighted by Gasteiger charge is 2.53. The molecule has 29 heavy (non-hydrogen) atoms. The Bertz CT molecular complexity index is 917. The summed E-state index contributed by atoms with van der Waals surface area (Å²) in [5.74, 6) is 1.82. The van der Waals surface area contributed by atoms with Gasteiger partial charge in [0.1, 0.15) is 5.69 Å². The molecular weight excluding hydrogens is 376 g/mol. The molecule has 1 aliphatic carbocycles. The third kappa shape index (κ3) is 3.40. The second-order valence-electron chi connectivity index (χ2n) is 8.78. The van der Waals surface area contributed by atoms with Gasteiger partial charge >= 0.3 is 5.17 Å². The minimum Gasteiger partial charge on any atom is -0.346 e. The van der Waals surface area contributed by atoms with Crippen molar-refractivity contribution in [1.82, 2.24) is 0 Å². The van der Waals surface area contributed by atoms with Gasteiger partial charge in [-0.1, -0.05) is 61.7 Å². The first kappa shape index (κ1) is 19.2. The summed E-state index contributed by atoms with van der Waals surface area (Å²) < 4.78 is 2.24. The average Bonchev–Trinajstić information content (AvgIpc) is 3.09. The van der Waals surface area contributed by atoms with Crippen LogP contribution in [0.3, 0.4) is 0 Å². The molecule has 1 atom stereocenters. The molecule has 2 aromatic carbocycles. The molecule has 0 amide bonds. The van der Waals surface area contributed by atoms with Gasteiger partial charge < -0.3 is 5.11 Å². The van der Waals surface area contributed by atoms with Crippen molar-refractivity contribution >= 4 is 22.6 Å². The second kappa shape index (κ2) is 7.81. The van der Waals surface area contributed by atoms with Crippen LogP contribution in [0.2, 0.25) is 0 Å². The van der Waals surface area contributed by atoms with Gasteiger partial charge in [0, 0.05) is 11.3 Å². The highest BCUT2D eigenvalue weighted by Crippen LogP contribution is 2.39. The van der Waals surface area contributed by atoms with E-state index in [0.29, 0.717) is 12.5 Å². The Morgan fingerprint density at radius 3 is 2.52 bits per heavy atom. The summed E-state index contributed by atoms with van der Waals surface area (Å²) in [5, 5.41) is 13.1. The van der Waals surface area contributed by atoms with E-state index in [0.717, 1.165) is 24.3 Å². The number of anilines is 1. The molecule has 152 valence electrons. The molecule has 2 aliphatic heterocycles. The van der Waals surface area contributed by atoms with E-state index in [4.69, 9.17) is 0 Å². The third-order valence-corrected chi connectivity index (χ3v) is 8.09. The minimum absolute atomic E-state index is 0.586. The van der Waals surface area contributed by atoms with Crippen LogP contribution in [-0.2, 0) is 5.72 Å². The second-order valence-corrected chi connectivity index (χ2v) is 9.84. The van der Waals surface area contributed by atoms with E-state index < -0.39 is 5.72 Å². The topological polar surface area (TPSA) is 26.5 Å². The Morgan fingerprint density at radius 2 is 1.76 bits per heavy atom. The van der Waals surface area contributed by atoms with Gasteiger partial charge in [0.15, 0.2) is 6.54 Å². The van der Waals surface area contributed by atoms with E-state index in [-0.39, 0.29) is 0 Å². The van der Waals surface area contributed by atoms with Gasteiger partial charge in [0.25, 0.3) is 5.72 Å². The smallest absolute Gasteiger partial charge is 0.316 e. The largest absolute Gasteiger partial charge is 0.346 e. The maximum absolute atomic E-state index is 11.9. The number of rotatable bonds is 3. The highest BCUT2D eigenvalue weighted by molar-refractivity contribution is 8.13. The number of nitrogens with zero attached hydrogens (tertiary/aromatic N) is 2. The van der Waals surface area contributed by atoms with Crippen molar-refractivity contribution in [2.75, 3.05) is 23.7 Å². The predicted molar refractivity (Wildman–Crippen MR) is 122 cm³/mol. The molecule has 5 rings (SSSR count). The summed E-state index contributed by atoms with van der Waals surface area (Å²) in [7, 11) is 0. The fourth-order valence-corrected chi connectivity index (χ4v) is 6.43. The summed E-state index contributed by atoms with van der Waals surface area (Å²) in [6, 6.07) is 17.4. The molecule has 0 spiro atoms. The van der Waals surface area contributed by atoms with Gasteiger partial charge in [-0.15, -0.1) is 0 Å². The number of benzene rings is 2. The Hall–Kier alpha value is -1.78. The van der Waals surface area contributed by atoms with Crippen LogP contribution in [0.15, 0.2) is 48.5 Å². The van der Waals surface area contributed by atoms with Crippen LogP contribution >= 0.6 is 11.8 Å². The van der Waals surface area contributed by atoms with Crippen molar-refractivity contribution in [3.63, 3.8) is 0 Å². The van der Waals surface area contributed by atoms with Crippen molar-refractivity contribution < 1.29 is 9.68 Å². The standard InChI is InChI=1S/C25H31N2OS/c1-19-8-5-6-11-23(19)26-18-25(28,27-16-7-17-29-24(26)27)22-14-12-21(13-15-22)20-9-3-2-4-10-20/h5-6,8,11-15,20,28H,2-4,7,9-10,16-18H2,1H3/q+1/t25-/m0/s1. The Morgan fingerprint density at radius 1 is 1.00 bits per heavy atom. The van der Waals surface area contributed by atoms with E-state index in [1.807, 2.05) is 11.8 Å². The van der Waals surface area contributed by atoms with Gasteiger partial charge in [0.2, 0.25) is 0 Å². The predicted octanol–water partition coefficient (Wildman–Crippen LogP) is 5.21. The highest BCUT2D eigenvalue weighted by atomic mass is 32.2. The van der Waals surface area contributed by atoms with Gasteiger partial charge in [-0.25, -0.2) is 9.48 Å². The molecule has 0 aromatic heterocycles.